The predicted octanol–water partition coefficient (Wildman–Crippen LogP) is 11.2. The number of fused-ring (bicyclic) bond motifs is 10. The van der Waals surface area contributed by atoms with E-state index in [4.69, 9.17) is 15.6 Å². The number of allylic oxidation sites excluding steroid dienone is 3. The Morgan fingerprint density at radius 2 is 1.24 bits per heavy atom. The summed E-state index contributed by atoms with van der Waals surface area (Å²) in [4.78, 5) is 25.5. The molecule has 5 nitrogen and oxygen atoms in total. The molecular formula is C45H66O5. The third kappa shape index (κ3) is 5.38. The zero-order chi connectivity index (χ0) is 36.1. The van der Waals surface area contributed by atoms with E-state index in [2.05, 4.69) is 53.3 Å². The van der Waals surface area contributed by atoms with E-state index in [1.54, 1.807) is 6.92 Å². The van der Waals surface area contributed by atoms with Crippen LogP contribution < -0.4 is 0 Å². The van der Waals surface area contributed by atoms with Gasteiger partial charge in [-0.2, -0.15) is 0 Å². The van der Waals surface area contributed by atoms with Gasteiger partial charge in [-0.15, -0.1) is 0 Å². The maximum absolute atomic E-state index is 13.0. The molecule has 0 amide bonds. The Kier molecular flexibility index (Phi) is 8.56. The predicted molar refractivity (Wildman–Crippen MR) is 197 cm³/mol. The third-order valence-electron chi connectivity index (χ3n) is 17.9. The van der Waals surface area contributed by atoms with Gasteiger partial charge in [0.15, 0.2) is 6.77 Å². The number of carbonyl (C=O) groups is 2. The van der Waals surface area contributed by atoms with Crippen molar-refractivity contribution in [2.75, 3.05) is 6.77 Å². The van der Waals surface area contributed by atoms with Gasteiger partial charge in [0, 0.05) is 12.3 Å². The maximum atomic E-state index is 13.0. The molecule has 0 saturated heterocycles. The Bertz CT molecular complexity index is 1500. The van der Waals surface area contributed by atoms with Crippen molar-refractivity contribution in [2.45, 2.75) is 156 Å². The van der Waals surface area contributed by atoms with E-state index in [-0.39, 0.29) is 34.4 Å². The highest BCUT2D eigenvalue weighted by Crippen LogP contribution is 2.68. The van der Waals surface area contributed by atoms with E-state index in [1.165, 1.54) is 55.2 Å². The molecule has 0 heterocycles. The van der Waals surface area contributed by atoms with Gasteiger partial charge >= 0.3 is 6.16 Å². The molecule has 0 aromatic rings. The van der Waals surface area contributed by atoms with E-state index in [0.717, 1.165) is 82.0 Å². The molecule has 0 aliphatic heterocycles. The highest BCUT2D eigenvalue weighted by molar-refractivity contribution is 5.79. The van der Waals surface area contributed by atoms with Crippen molar-refractivity contribution in [3.63, 3.8) is 0 Å². The highest BCUT2D eigenvalue weighted by Gasteiger charge is 2.60. The van der Waals surface area contributed by atoms with Gasteiger partial charge in [0.2, 0.25) is 0 Å². The van der Waals surface area contributed by atoms with E-state index < -0.39 is 12.9 Å². The number of Topliss-reactive ketones (excluding diaryl/α,β-unsaturated/α-hetero) is 1. The molecule has 8 aliphatic carbocycles. The number of hydrogen-bond donors (Lipinski definition) is 0. The minimum absolute atomic E-state index is 0.108. The molecule has 50 heavy (non-hydrogen) atoms. The average Bonchev–Trinajstić information content (AvgIpc) is 3.62. The molecule has 5 heteroatoms. The number of ketones is 1. The van der Waals surface area contributed by atoms with E-state index in [9.17, 15) is 9.59 Å². The summed E-state index contributed by atoms with van der Waals surface area (Å²) < 4.78 is 25.9. The molecule has 276 valence electrons. The van der Waals surface area contributed by atoms with Crippen LogP contribution in [0.15, 0.2) is 35.5 Å². The Labute approximate surface area is 304 Å². The molecule has 15 unspecified atom stereocenters. The fourth-order valence-electron chi connectivity index (χ4n) is 15.3. The highest BCUT2D eigenvalue weighted by atomic mass is 16.8. The van der Waals surface area contributed by atoms with Crippen molar-refractivity contribution < 1.29 is 25.2 Å². The summed E-state index contributed by atoms with van der Waals surface area (Å²) in [7, 11) is 0. The van der Waals surface area contributed by atoms with Gasteiger partial charge in [0.25, 0.3) is 0 Å². The zero-order valence-corrected chi connectivity index (χ0v) is 32.1. The Morgan fingerprint density at radius 3 is 1.80 bits per heavy atom. The fourth-order valence-corrected chi connectivity index (χ4v) is 15.3. The molecule has 6 fully saturated rings. The molecule has 0 aromatic heterocycles. The maximum Gasteiger partial charge on any atom is 0.510 e. The molecular weight excluding hydrogens is 620 g/mol. The number of rotatable bonds is 6. The van der Waals surface area contributed by atoms with Gasteiger partial charge in [-0.25, -0.2) is 4.79 Å². The standard InChI is InChI=1S/C45H66O5/c1-27(2)35-12-14-37-33-10-8-29-24-31(16-20-42(29,4)39(33)18-22-44(35,37)6)48-26-49-41(47)50-32-17-21-43(5)30(25-32)9-11-34-38-15-13-36(28(3)46)45(38,7)23-19-40(34)43/h8-9,31-40H,1,10-26H2,2-7H3/i26D. The second-order valence-electron chi connectivity index (χ2n) is 19.8. The van der Waals surface area contributed by atoms with Crippen molar-refractivity contribution in [1.29, 1.82) is 0 Å². The minimum atomic E-state index is -1.37. The molecule has 0 radical (unpaired) electrons. The second kappa shape index (κ2) is 12.6. The van der Waals surface area contributed by atoms with Crippen LogP contribution in [0, 0.1) is 69.0 Å². The number of carbonyl (C=O) groups excluding carboxylic acids is 2. The van der Waals surface area contributed by atoms with Crippen molar-refractivity contribution in [3.8, 4) is 0 Å². The van der Waals surface area contributed by atoms with Crippen LogP contribution >= 0.6 is 0 Å². The van der Waals surface area contributed by atoms with Crippen molar-refractivity contribution >= 4 is 11.9 Å². The number of hydrogen-bond acceptors (Lipinski definition) is 5. The lowest BCUT2D eigenvalue weighted by molar-refractivity contribution is -0.127. The molecule has 8 rings (SSSR count). The Balaban J connectivity index is 0.839. The average molecular weight is 688 g/mol. The van der Waals surface area contributed by atoms with Gasteiger partial charge in [-0.05, 0) is 173 Å². The molecule has 0 N–H and O–H groups in total. The SMILES string of the molecule is [2H]C(OC(=O)OC1CCC2(C)C(=CCC3C2CCC2(C)C(C(C)=O)CCC32)C1)OC1CCC2(C)C(=CCC3C2CCC2(C)C(C(=C)C)CCC32)C1. The third-order valence-corrected chi connectivity index (χ3v) is 17.9. The summed E-state index contributed by atoms with van der Waals surface area (Å²) in [6, 6.07) is 0. The summed E-state index contributed by atoms with van der Waals surface area (Å²) >= 11 is 0. The first-order valence-corrected chi connectivity index (χ1v) is 20.7. The molecule has 8 aliphatic rings. The normalized spacial score (nSPS) is 50.0. The molecule has 0 bridgehead atoms. The van der Waals surface area contributed by atoms with Crippen LogP contribution in [-0.2, 0) is 19.0 Å². The van der Waals surface area contributed by atoms with Crippen LogP contribution in [0.4, 0.5) is 4.79 Å². The zero-order valence-electron chi connectivity index (χ0n) is 33.1. The van der Waals surface area contributed by atoms with Gasteiger partial charge in [-0.3, -0.25) is 4.79 Å². The second-order valence-corrected chi connectivity index (χ2v) is 19.8. The lowest BCUT2D eigenvalue weighted by atomic mass is 9.47. The van der Waals surface area contributed by atoms with Crippen molar-refractivity contribution in [1.82, 2.24) is 0 Å². The van der Waals surface area contributed by atoms with E-state index in [0.29, 0.717) is 34.9 Å². The summed E-state index contributed by atoms with van der Waals surface area (Å²) in [5, 5.41) is 0. The molecule has 15 atom stereocenters. The first-order chi connectivity index (χ1) is 24.2. The van der Waals surface area contributed by atoms with Crippen LogP contribution in [0.3, 0.4) is 0 Å². The smallest absolute Gasteiger partial charge is 0.431 e. The van der Waals surface area contributed by atoms with E-state index in [1.807, 2.05) is 0 Å². The van der Waals surface area contributed by atoms with Gasteiger partial charge in [0.1, 0.15) is 13.3 Å². The van der Waals surface area contributed by atoms with Crippen molar-refractivity contribution in [2.24, 2.45) is 69.0 Å². The molecule has 0 spiro atoms. The van der Waals surface area contributed by atoms with Crippen molar-refractivity contribution in [3.05, 3.63) is 35.5 Å². The van der Waals surface area contributed by atoms with Gasteiger partial charge in [-0.1, -0.05) is 63.1 Å². The summed E-state index contributed by atoms with van der Waals surface area (Å²) in [5.74, 6) is 5.48. The monoisotopic (exact) mass is 687 g/mol. The first-order valence-electron chi connectivity index (χ1n) is 21.2. The first kappa shape index (κ1) is 33.9. The topological polar surface area (TPSA) is 61.8 Å². The van der Waals surface area contributed by atoms with Crippen LogP contribution in [0.25, 0.3) is 0 Å². The number of ether oxygens (including phenoxy) is 3. The Hall–Kier alpha value is -1.88. The summed E-state index contributed by atoms with van der Waals surface area (Å²) in [5.41, 5.74) is 5.23. The summed E-state index contributed by atoms with van der Waals surface area (Å²) in [6.07, 6.45) is 21.4. The van der Waals surface area contributed by atoms with Crippen LogP contribution in [0.1, 0.15) is 146 Å². The lowest BCUT2D eigenvalue weighted by Crippen LogP contribution is -2.51. The van der Waals surface area contributed by atoms with E-state index >= 15 is 0 Å². The quantitative estimate of drug-likeness (QED) is 0.158. The van der Waals surface area contributed by atoms with Crippen LogP contribution in [0.2, 0.25) is 0 Å². The molecule has 6 saturated carbocycles. The lowest BCUT2D eigenvalue weighted by Gasteiger charge is -2.58. The van der Waals surface area contributed by atoms with Gasteiger partial charge < -0.3 is 14.2 Å². The van der Waals surface area contributed by atoms with Crippen LogP contribution in [0.5, 0.6) is 0 Å². The summed E-state index contributed by atoms with van der Waals surface area (Å²) in [6.45, 7) is 17.0. The fraction of sp³-hybridized carbons (Fsp3) is 0.822. The van der Waals surface area contributed by atoms with Gasteiger partial charge in [0.05, 0.1) is 6.10 Å². The minimum Gasteiger partial charge on any atom is -0.431 e. The molecule has 0 aromatic carbocycles. The van der Waals surface area contributed by atoms with Crippen LogP contribution in [-0.4, -0.2) is 30.9 Å². The Morgan fingerprint density at radius 1 is 0.720 bits per heavy atom. The largest absolute Gasteiger partial charge is 0.510 e.